The summed E-state index contributed by atoms with van der Waals surface area (Å²) in [5.41, 5.74) is 1.44. The highest BCUT2D eigenvalue weighted by Gasteiger charge is 2.36. The summed E-state index contributed by atoms with van der Waals surface area (Å²) in [5.74, 6) is -0.907. The number of Topliss-reactive ketones (excluding diaryl/α,β-unsaturated/α-hetero) is 1. The number of hydrogen-bond donors (Lipinski definition) is 0. The summed E-state index contributed by atoms with van der Waals surface area (Å²) in [6.07, 6.45) is 4.15. The molecular formula is C34H35Cl2F2N3O7. The molecule has 10 nitrogen and oxygen atoms in total. The summed E-state index contributed by atoms with van der Waals surface area (Å²) in [4.78, 5) is 42.7. The van der Waals surface area contributed by atoms with Crippen LogP contribution in [-0.2, 0) is 16.0 Å². The molecule has 5 rings (SSSR count). The number of rotatable bonds is 14. The van der Waals surface area contributed by atoms with Crippen molar-refractivity contribution in [2.24, 2.45) is 5.92 Å². The highest BCUT2D eigenvalue weighted by molar-refractivity contribution is 6.35. The lowest BCUT2D eigenvalue weighted by Gasteiger charge is -2.26. The Balaban J connectivity index is 1.39. The number of hydrogen-bond acceptors (Lipinski definition) is 8. The van der Waals surface area contributed by atoms with Crippen LogP contribution >= 0.6 is 23.2 Å². The molecule has 2 aliphatic rings. The molecule has 0 N–H and O–H groups in total. The summed E-state index contributed by atoms with van der Waals surface area (Å²) in [6, 6.07) is 9.94. The van der Waals surface area contributed by atoms with Crippen molar-refractivity contribution in [1.82, 2.24) is 9.80 Å². The quantitative estimate of drug-likeness (QED) is 0.0883. The second-order valence-corrected chi connectivity index (χ2v) is 12.9. The van der Waals surface area contributed by atoms with Crippen LogP contribution in [0.1, 0.15) is 63.6 Å². The Hall–Kier alpha value is -4.00. The first-order chi connectivity index (χ1) is 22.9. The number of alkyl halides is 2. The van der Waals surface area contributed by atoms with Crippen molar-refractivity contribution in [1.29, 1.82) is 0 Å². The molecule has 1 aliphatic heterocycles. The Morgan fingerprint density at radius 2 is 1.73 bits per heavy atom. The zero-order chi connectivity index (χ0) is 34.5. The van der Waals surface area contributed by atoms with Gasteiger partial charge in [-0.3, -0.25) is 19.3 Å². The molecular weight excluding hydrogens is 671 g/mol. The van der Waals surface area contributed by atoms with Gasteiger partial charge in [-0.05, 0) is 68.0 Å². The van der Waals surface area contributed by atoms with E-state index in [1.54, 1.807) is 37.2 Å². The van der Waals surface area contributed by atoms with E-state index < -0.39 is 24.7 Å². The smallest absolute Gasteiger partial charge is 0.387 e. The summed E-state index contributed by atoms with van der Waals surface area (Å²) < 4.78 is 43.5. The van der Waals surface area contributed by atoms with Crippen LogP contribution in [0.3, 0.4) is 0 Å². The molecule has 3 aromatic rings. The van der Waals surface area contributed by atoms with E-state index in [4.69, 9.17) is 32.7 Å². The highest BCUT2D eigenvalue weighted by atomic mass is 35.5. The maximum absolute atomic E-state index is 13.8. The van der Waals surface area contributed by atoms with E-state index in [1.165, 1.54) is 29.2 Å². The van der Waals surface area contributed by atoms with Crippen LogP contribution in [0.15, 0.2) is 54.9 Å². The second-order valence-electron chi connectivity index (χ2n) is 12.1. The minimum Gasteiger partial charge on any atom is -0.619 e. The highest BCUT2D eigenvalue weighted by Crippen LogP contribution is 2.38. The zero-order valence-electron chi connectivity index (χ0n) is 26.4. The summed E-state index contributed by atoms with van der Waals surface area (Å²) >= 11 is 12.8. The maximum Gasteiger partial charge on any atom is 0.387 e. The van der Waals surface area contributed by atoms with Gasteiger partial charge in [0.15, 0.2) is 29.7 Å². The van der Waals surface area contributed by atoms with Crippen molar-refractivity contribution in [3.05, 3.63) is 92.4 Å². The van der Waals surface area contributed by atoms with Gasteiger partial charge in [-0.25, -0.2) is 0 Å². The molecule has 0 radical (unpaired) electrons. The summed E-state index contributed by atoms with van der Waals surface area (Å²) in [6.45, 7) is -2.39. The lowest BCUT2D eigenvalue weighted by molar-refractivity contribution is -0.605. The fourth-order valence-corrected chi connectivity index (χ4v) is 6.12. The SMILES string of the molecule is CN(C)C(=O)c1cccc(C(=O)CN2CCCC2C(=O)OC(Cc2c(Cl)c[n+]([O-])cc2Cl)c2ccc(OC(F)F)c(OCC3CC3)c2)c1. The largest absolute Gasteiger partial charge is 0.619 e. The standard InChI is InChI=1S/C34H35Cl2F2N3O7/c1-39(2)32(43)23-6-3-5-21(13-23)28(42)18-40-12-4-7-27(40)33(44)47-30(15-24-25(35)16-41(45)17-26(24)36)22-10-11-29(48-34(37)38)31(14-22)46-19-20-8-9-20/h3,5-6,10-11,13-14,16-17,20,27,30,34H,4,7-9,12,15,18-19H2,1-2H3. The minimum absolute atomic E-state index is 0.0458. The molecule has 1 saturated heterocycles. The Morgan fingerprint density at radius 3 is 2.40 bits per heavy atom. The Bertz CT molecular complexity index is 1650. The number of carbonyl (C=O) groups is 3. The van der Waals surface area contributed by atoms with Gasteiger partial charge in [-0.2, -0.15) is 13.5 Å². The summed E-state index contributed by atoms with van der Waals surface area (Å²) in [5, 5.41) is 12.0. The Kier molecular flexibility index (Phi) is 11.4. The van der Waals surface area contributed by atoms with Gasteiger partial charge in [0.05, 0.1) is 13.2 Å². The van der Waals surface area contributed by atoms with Crippen LogP contribution in [-0.4, -0.2) is 73.9 Å². The number of benzene rings is 2. The molecule has 2 unspecified atom stereocenters. The number of ketones is 1. The van der Waals surface area contributed by atoms with Crippen LogP contribution in [0.2, 0.25) is 10.0 Å². The Labute approximate surface area is 286 Å². The number of ether oxygens (including phenoxy) is 3. The number of esters is 1. The monoisotopic (exact) mass is 705 g/mol. The molecule has 2 heterocycles. The maximum atomic E-state index is 13.8. The molecule has 2 fully saturated rings. The van der Waals surface area contributed by atoms with Gasteiger partial charge >= 0.3 is 12.6 Å². The lowest BCUT2D eigenvalue weighted by atomic mass is 10.0. The van der Waals surface area contributed by atoms with Crippen LogP contribution in [0.25, 0.3) is 0 Å². The molecule has 14 heteroatoms. The normalized spacial score (nSPS) is 16.9. The molecule has 256 valence electrons. The van der Waals surface area contributed by atoms with E-state index in [-0.39, 0.29) is 46.2 Å². The number of amides is 1. The van der Waals surface area contributed by atoms with E-state index in [2.05, 4.69) is 4.74 Å². The van der Waals surface area contributed by atoms with Crippen LogP contribution in [0, 0.1) is 11.1 Å². The third-order valence-corrected chi connectivity index (χ3v) is 8.90. The van der Waals surface area contributed by atoms with Crippen molar-refractivity contribution >= 4 is 40.9 Å². The van der Waals surface area contributed by atoms with Crippen molar-refractivity contribution in [3.63, 3.8) is 0 Å². The zero-order valence-corrected chi connectivity index (χ0v) is 27.9. The molecule has 48 heavy (non-hydrogen) atoms. The van der Waals surface area contributed by atoms with Crippen molar-refractivity contribution in [2.45, 2.75) is 50.9 Å². The molecule has 1 saturated carbocycles. The van der Waals surface area contributed by atoms with Gasteiger partial charge in [-0.15, -0.1) is 0 Å². The van der Waals surface area contributed by atoms with Crippen LogP contribution in [0.5, 0.6) is 11.5 Å². The minimum atomic E-state index is -3.08. The van der Waals surface area contributed by atoms with Crippen LogP contribution < -0.4 is 14.2 Å². The van der Waals surface area contributed by atoms with Gasteiger partial charge in [0, 0.05) is 37.2 Å². The first-order valence-corrected chi connectivity index (χ1v) is 16.2. The number of halogens is 4. The predicted molar refractivity (Wildman–Crippen MR) is 173 cm³/mol. The fraction of sp³-hybridized carbons (Fsp3) is 0.412. The van der Waals surface area contributed by atoms with Gasteiger partial charge < -0.3 is 24.3 Å². The number of aromatic nitrogens is 1. The molecule has 1 amide bonds. The van der Waals surface area contributed by atoms with Gasteiger partial charge in [-0.1, -0.05) is 41.4 Å². The lowest BCUT2D eigenvalue weighted by Crippen LogP contribution is -2.41. The van der Waals surface area contributed by atoms with E-state index in [0.29, 0.717) is 58.9 Å². The van der Waals surface area contributed by atoms with Crippen molar-refractivity contribution in [2.75, 3.05) is 33.8 Å². The predicted octanol–water partition coefficient (Wildman–Crippen LogP) is 5.89. The molecule has 1 aromatic heterocycles. The first-order valence-electron chi connectivity index (χ1n) is 15.5. The molecule has 2 aromatic carbocycles. The van der Waals surface area contributed by atoms with Gasteiger partial charge in [0.2, 0.25) is 0 Å². The van der Waals surface area contributed by atoms with Gasteiger partial charge in [0.1, 0.15) is 22.2 Å². The van der Waals surface area contributed by atoms with Crippen LogP contribution in [0.4, 0.5) is 8.78 Å². The fourth-order valence-electron chi connectivity index (χ4n) is 5.52. The second kappa shape index (κ2) is 15.5. The third kappa shape index (κ3) is 8.91. The molecule has 0 spiro atoms. The van der Waals surface area contributed by atoms with Crippen molar-refractivity contribution < 1.29 is 42.1 Å². The molecule has 1 aliphatic carbocycles. The average molecular weight is 707 g/mol. The van der Waals surface area contributed by atoms with E-state index >= 15 is 0 Å². The number of nitrogens with zero attached hydrogens (tertiary/aromatic N) is 3. The molecule has 2 atom stereocenters. The number of carbonyl (C=O) groups excluding carboxylic acids is 3. The van der Waals surface area contributed by atoms with E-state index in [9.17, 15) is 28.4 Å². The average Bonchev–Trinajstić information content (AvgIpc) is 3.76. The topological polar surface area (TPSA) is 112 Å². The summed E-state index contributed by atoms with van der Waals surface area (Å²) in [7, 11) is 3.25. The number of pyridine rings is 1. The van der Waals surface area contributed by atoms with E-state index in [1.807, 2.05) is 0 Å². The Morgan fingerprint density at radius 1 is 1.02 bits per heavy atom. The number of likely N-dealkylation sites (tertiary alicyclic amines) is 1. The molecule has 0 bridgehead atoms. The van der Waals surface area contributed by atoms with Gasteiger partial charge in [0.25, 0.3) is 5.91 Å². The van der Waals surface area contributed by atoms with E-state index in [0.717, 1.165) is 25.2 Å². The first kappa shape index (κ1) is 35.3. The third-order valence-electron chi connectivity index (χ3n) is 8.25. The van der Waals surface area contributed by atoms with Crippen molar-refractivity contribution in [3.8, 4) is 11.5 Å².